The van der Waals surface area contributed by atoms with Crippen LogP contribution in [0, 0.1) is 0 Å². The first-order valence-electron chi connectivity index (χ1n) is 6.60. The van der Waals surface area contributed by atoms with Gasteiger partial charge in [0.15, 0.2) is 5.65 Å². The number of aromatic nitrogens is 4. The summed E-state index contributed by atoms with van der Waals surface area (Å²) in [6, 6.07) is 6.63. The molecule has 0 atom stereocenters. The molecule has 2 aromatic heterocycles. The molecule has 0 saturated heterocycles. The van der Waals surface area contributed by atoms with E-state index in [2.05, 4.69) is 20.2 Å². The molecule has 3 aromatic rings. The molecular formula is C13H8F3N5S2. The molecule has 0 unspecified atom stereocenters. The molecule has 0 saturated carbocycles. The van der Waals surface area contributed by atoms with Crippen molar-refractivity contribution >= 4 is 44.6 Å². The molecule has 0 aliphatic carbocycles. The van der Waals surface area contributed by atoms with Crippen LogP contribution in [-0.4, -0.2) is 36.3 Å². The molecule has 23 heavy (non-hydrogen) atoms. The van der Waals surface area contributed by atoms with E-state index in [4.69, 9.17) is 0 Å². The van der Waals surface area contributed by atoms with Crippen molar-refractivity contribution in [3.63, 3.8) is 0 Å². The lowest BCUT2D eigenvalue weighted by molar-refractivity contribution is -0.145. The molecule has 10 heteroatoms. The first-order chi connectivity index (χ1) is 11.0. The van der Waals surface area contributed by atoms with Crippen LogP contribution >= 0.6 is 23.5 Å². The van der Waals surface area contributed by atoms with Crippen molar-refractivity contribution < 1.29 is 13.2 Å². The summed E-state index contributed by atoms with van der Waals surface area (Å²) in [6.07, 6.45) is -4.59. The van der Waals surface area contributed by atoms with Crippen LogP contribution in [-0.2, 0) is 6.18 Å². The zero-order valence-electron chi connectivity index (χ0n) is 11.4. The lowest BCUT2D eigenvalue weighted by Crippen LogP contribution is -2.11. The number of halogens is 3. The Bertz CT molecular complexity index is 934. The fourth-order valence-corrected chi connectivity index (χ4v) is 4.22. The zero-order chi connectivity index (χ0) is 16.0. The number of hydrogen-bond donors (Lipinski definition) is 0. The van der Waals surface area contributed by atoms with Crippen molar-refractivity contribution in [2.45, 2.75) is 11.2 Å². The van der Waals surface area contributed by atoms with Gasteiger partial charge in [0, 0.05) is 5.75 Å². The van der Waals surface area contributed by atoms with Gasteiger partial charge in [0.1, 0.15) is 9.40 Å². The van der Waals surface area contributed by atoms with E-state index in [-0.39, 0.29) is 5.65 Å². The number of rotatable bonds is 1. The fraction of sp³-hybridized carbons (Fsp3) is 0.231. The highest BCUT2D eigenvalue weighted by atomic mass is 32.2. The van der Waals surface area contributed by atoms with Crippen LogP contribution < -0.4 is 0 Å². The van der Waals surface area contributed by atoms with E-state index in [9.17, 15) is 13.2 Å². The minimum Gasteiger partial charge on any atom is -0.271 e. The van der Waals surface area contributed by atoms with Crippen LogP contribution in [0.5, 0.6) is 0 Å². The summed E-state index contributed by atoms with van der Waals surface area (Å²) in [5.74, 6) is -0.180. The summed E-state index contributed by atoms with van der Waals surface area (Å²) in [5, 5.41) is 7.44. The summed E-state index contributed by atoms with van der Waals surface area (Å²) in [7, 11) is 0. The number of fused-ring (bicyclic) bond motifs is 3. The molecule has 1 aromatic carbocycles. The second-order valence-corrected chi connectivity index (χ2v) is 7.00. The molecule has 1 aliphatic heterocycles. The van der Waals surface area contributed by atoms with Crippen molar-refractivity contribution in [3.05, 3.63) is 30.1 Å². The summed E-state index contributed by atoms with van der Waals surface area (Å²) in [6.45, 7) is 0.706. The number of alkyl halides is 3. The molecule has 0 amide bonds. The Morgan fingerprint density at radius 1 is 1.17 bits per heavy atom. The van der Waals surface area contributed by atoms with Gasteiger partial charge >= 0.3 is 6.18 Å². The maximum atomic E-state index is 13.2. The maximum Gasteiger partial charge on any atom is 0.452 e. The second kappa shape index (κ2) is 5.38. The smallest absolute Gasteiger partial charge is 0.271 e. The highest BCUT2D eigenvalue weighted by Gasteiger charge is 2.38. The molecule has 1 aliphatic rings. The molecule has 0 spiro atoms. The fourth-order valence-electron chi connectivity index (χ4n) is 2.27. The van der Waals surface area contributed by atoms with Crippen LogP contribution in [0.3, 0.4) is 0 Å². The van der Waals surface area contributed by atoms with Gasteiger partial charge in [-0.25, -0.2) is 4.98 Å². The monoisotopic (exact) mass is 355 g/mol. The summed E-state index contributed by atoms with van der Waals surface area (Å²) in [5.41, 5.74) is 0.873. The number of para-hydroxylation sites is 2. The van der Waals surface area contributed by atoms with Gasteiger partial charge < -0.3 is 0 Å². The molecule has 5 nitrogen and oxygen atoms in total. The van der Waals surface area contributed by atoms with Crippen LogP contribution in [0.1, 0.15) is 5.82 Å². The number of hydrogen-bond acceptors (Lipinski definition) is 6. The standard InChI is InChI=1S/C13H8F3N5S2/c14-13(15,16)11-20-19-9-10(23-12-17-5-6-22-12)18-7-3-1-2-4-8(7)21(9)11/h1-4H,5-6H2. The topological polar surface area (TPSA) is 55.4 Å². The Morgan fingerprint density at radius 3 is 2.74 bits per heavy atom. The molecule has 118 valence electrons. The quantitative estimate of drug-likeness (QED) is 0.669. The summed E-state index contributed by atoms with van der Waals surface area (Å²) < 4.78 is 41.5. The van der Waals surface area contributed by atoms with Gasteiger partial charge in [-0.1, -0.05) is 23.9 Å². The van der Waals surface area contributed by atoms with Crippen LogP contribution in [0.15, 0.2) is 34.3 Å². The van der Waals surface area contributed by atoms with Crippen molar-refractivity contribution in [2.24, 2.45) is 4.99 Å². The Labute approximate surface area is 136 Å². The number of nitrogens with zero attached hydrogens (tertiary/aromatic N) is 5. The van der Waals surface area contributed by atoms with Crippen molar-refractivity contribution in [1.29, 1.82) is 0 Å². The average molecular weight is 355 g/mol. The highest BCUT2D eigenvalue weighted by Crippen LogP contribution is 2.35. The van der Waals surface area contributed by atoms with E-state index in [1.165, 1.54) is 11.8 Å². The van der Waals surface area contributed by atoms with Gasteiger partial charge in [0.2, 0.25) is 5.82 Å². The molecule has 0 fully saturated rings. The van der Waals surface area contributed by atoms with E-state index in [1.54, 1.807) is 36.0 Å². The van der Waals surface area contributed by atoms with E-state index >= 15 is 0 Å². The molecule has 0 N–H and O–H groups in total. The second-order valence-electron chi connectivity index (χ2n) is 4.68. The van der Waals surface area contributed by atoms with Crippen molar-refractivity contribution in [1.82, 2.24) is 19.6 Å². The van der Waals surface area contributed by atoms with Crippen molar-refractivity contribution in [2.75, 3.05) is 12.3 Å². The Kier molecular flexibility index (Phi) is 3.45. The van der Waals surface area contributed by atoms with Gasteiger partial charge in [-0.3, -0.25) is 9.39 Å². The third-order valence-electron chi connectivity index (χ3n) is 3.19. The molecular weight excluding hydrogens is 347 g/mol. The minimum atomic E-state index is -4.59. The third-order valence-corrected chi connectivity index (χ3v) is 5.33. The first kappa shape index (κ1) is 14.8. The first-order valence-corrected chi connectivity index (χ1v) is 8.40. The van der Waals surface area contributed by atoms with Gasteiger partial charge in [-0.2, -0.15) is 13.2 Å². The van der Waals surface area contributed by atoms with E-state index in [0.717, 1.165) is 14.5 Å². The average Bonchev–Trinajstić information content (AvgIpc) is 3.15. The molecule has 4 rings (SSSR count). The van der Waals surface area contributed by atoms with Gasteiger partial charge in [-0.15, -0.1) is 10.2 Å². The van der Waals surface area contributed by atoms with Crippen LogP contribution in [0.4, 0.5) is 13.2 Å². The zero-order valence-corrected chi connectivity index (χ0v) is 13.0. The Hall–Kier alpha value is -1.81. The number of benzene rings is 1. The van der Waals surface area contributed by atoms with Crippen LogP contribution in [0.25, 0.3) is 16.7 Å². The minimum absolute atomic E-state index is 0.0937. The van der Waals surface area contributed by atoms with E-state index < -0.39 is 12.0 Å². The Balaban J connectivity index is 2.00. The maximum absolute atomic E-state index is 13.2. The number of aliphatic imine (C=N–C) groups is 1. The SMILES string of the molecule is FC(F)(F)c1nnc2c(SC3=NCCS3)nc3ccccc3n12. The van der Waals surface area contributed by atoms with Gasteiger partial charge in [-0.05, 0) is 23.9 Å². The lowest BCUT2D eigenvalue weighted by atomic mass is 10.3. The highest BCUT2D eigenvalue weighted by molar-refractivity contribution is 8.39. The van der Waals surface area contributed by atoms with E-state index in [0.29, 0.717) is 22.6 Å². The summed E-state index contributed by atoms with van der Waals surface area (Å²) >= 11 is 2.79. The number of thioether (sulfide) groups is 2. The molecule has 0 radical (unpaired) electrons. The summed E-state index contributed by atoms with van der Waals surface area (Å²) in [4.78, 5) is 8.74. The third kappa shape index (κ3) is 2.55. The predicted octanol–water partition coefficient (Wildman–Crippen LogP) is 3.49. The van der Waals surface area contributed by atoms with Crippen LogP contribution in [0.2, 0.25) is 0 Å². The normalized spacial score (nSPS) is 15.5. The van der Waals surface area contributed by atoms with Gasteiger partial charge in [0.25, 0.3) is 0 Å². The molecule has 3 heterocycles. The van der Waals surface area contributed by atoms with E-state index in [1.807, 2.05) is 0 Å². The van der Waals surface area contributed by atoms with Crippen molar-refractivity contribution in [3.8, 4) is 0 Å². The Morgan fingerprint density at radius 2 is 2.00 bits per heavy atom. The lowest BCUT2D eigenvalue weighted by Gasteiger charge is -2.09. The largest absolute Gasteiger partial charge is 0.452 e. The molecule has 0 bridgehead atoms. The van der Waals surface area contributed by atoms with Gasteiger partial charge in [0.05, 0.1) is 17.6 Å². The predicted molar refractivity (Wildman–Crippen MR) is 83.9 cm³/mol.